The van der Waals surface area contributed by atoms with E-state index in [2.05, 4.69) is 27.8 Å². The van der Waals surface area contributed by atoms with Gasteiger partial charge in [-0.25, -0.2) is 4.98 Å². The number of piperidine rings is 1. The standard InChI is InChI=1S/C23H27N3O3/c1-15-10-22(28-3)20(13-21(15)27-2)26-23-12-17-11-19(5-4-16(17)14-25-23)29-18-6-8-24-9-7-18/h4-5,10-14,18,24H,6-9H2,1-3H3,(H,25,26). The minimum Gasteiger partial charge on any atom is -0.496 e. The van der Waals surface area contributed by atoms with Crippen molar-refractivity contribution in [3.63, 3.8) is 0 Å². The number of nitrogens with zero attached hydrogens (tertiary/aromatic N) is 1. The Bertz CT molecular complexity index is 1000. The third-order valence-electron chi connectivity index (χ3n) is 5.26. The molecule has 0 bridgehead atoms. The van der Waals surface area contributed by atoms with E-state index < -0.39 is 0 Å². The fourth-order valence-corrected chi connectivity index (χ4v) is 3.65. The molecule has 2 N–H and O–H groups in total. The van der Waals surface area contributed by atoms with Crippen molar-refractivity contribution in [2.75, 3.05) is 32.6 Å². The average molecular weight is 393 g/mol. The molecule has 1 aromatic heterocycles. The van der Waals surface area contributed by atoms with Gasteiger partial charge in [-0.05, 0) is 74.1 Å². The molecule has 2 heterocycles. The summed E-state index contributed by atoms with van der Waals surface area (Å²) in [6.45, 7) is 4.01. The highest BCUT2D eigenvalue weighted by atomic mass is 16.5. The van der Waals surface area contributed by atoms with Gasteiger partial charge in [0.05, 0.1) is 19.9 Å². The lowest BCUT2D eigenvalue weighted by atomic mass is 10.1. The molecule has 0 unspecified atom stereocenters. The molecule has 0 atom stereocenters. The topological polar surface area (TPSA) is 64.6 Å². The molecule has 0 amide bonds. The van der Waals surface area contributed by atoms with Crippen molar-refractivity contribution in [2.24, 2.45) is 0 Å². The number of pyridine rings is 1. The van der Waals surface area contributed by atoms with Crippen LogP contribution in [0.5, 0.6) is 17.2 Å². The van der Waals surface area contributed by atoms with Gasteiger partial charge in [0.1, 0.15) is 29.2 Å². The first kappa shape index (κ1) is 19.3. The van der Waals surface area contributed by atoms with Crippen LogP contribution in [0, 0.1) is 6.92 Å². The lowest BCUT2D eigenvalue weighted by molar-refractivity contribution is 0.162. The quantitative estimate of drug-likeness (QED) is 0.646. The Hall–Kier alpha value is -2.99. The molecule has 3 aromatic rings. The molecule has 1 saturated heterocycles. The zero-order valence-electron chi connectivity index (χ0n) is 17.1. The van der Waals surface area contributed by atoms with E-state index >= 15 is 0 Å². The number of hydrogen-bond acceptors (Lipinski definition) is 6. The van der Waals surface area contributed by atoms with Crippen LogP contribution in [0.4, 0.5) is 11.5 Å². The zero-order valence-corrected chi connectivity index (χ0v) is 17.1. The van der Waals surface area contributed by atoms with Crippen LogP contribution in [-0.4, -0.2) is 38.4 Å². The molecular weight excluding hydrogens is 366 g/mol. The summed E-state index contributed by atoms with van der Waals surface area (Å²) in [5.41, 5.74) is 1.82. The number of hydrogen-bond donors (Lipinski definition) is 2. The summed E-state index contributed by atoms with van der Waals surface area (Å²) in [6, 6.07) is 12.1. The molecule has 4 rings (SSSR count). The maximum atomic E-state index is 6.18. The second-order valence-electron chi connectivity index (χ2n) is 7.29. The maximum absolute atomic E-state index is 6.18. The molecule has 0 radical (unpaired) electrons. The van der Waals surface area contributed by atoms with Gasteiger partial charge >= 0.3 is 0 Å². The molecule has 6 heteroatoms. The largest absolute Gasteiger partial charge is 0.496 e. The highest BCUT2D eigenvalue weighted by Gasteiger charge is 2.15. The first-order valence-electron chi connectivity index (χ1n) is 9.93. The van der Waals surface area contributed by atoms with Crippen LogP contribution in [0.1, 0.15) is 18.4 Å². The number of ether oxygens (including phenoxy) is 3. The predicted molar refractivity (Wildman–Crippen MR) is 116 cm³/mol. The van der Waals surface area contributed by atoms with E-state index in [9.17, 15) is 0 Å². The van der Waals surface area contributed by atoms with Gasteiger partial charge in [-0.15, -0.1) is 0 Å². The Morgan fingerprint density at radius 1 is 0.966 bits per heavy atom. The van der Waals surface area contributed by atoms with Crippen molar-refractivity contribution in [2.45, 2.75) is 25.9 Å². The van der Waals surface area contributed by atoms with Crippen LogP contribution < -0.4 is 24.8 Å². The summed E-state index contributed by atoms with van der Waals surface area (Å²) in [4.78, 5) is 4.54. The van der Waals surface area contributed by atoms with E-state index in [1.54, 1.807) is 14.2 Å². The fourth-order valence-electron chi connectivity index (χ4n) is 3.65. The smallest absolute Gasteiger partial charge is 0.142 e. The summed E-state index contributed by atoms with van der Waals surface area (Å²) in [5.74, 6) is 3.18. The van der Waals surface area contributed by atoms with Gasteiger partial charge < -0.3 is 24.8 Å². The van der Waals surface area contributed by atoms with Crippen molar-refractivity contribution >= 4 is 22.3 Å². The predicted octanol–water partition coefficient (Wildman–Crippen LogP) is 4.43. The normalized spacial score (nSPS) is 14.6. The molecular formula is C23H27N3O3. The number of rotatable bonds is 6. The number of benzene rings is 2. The van der Waals surface area contributed by atoms with E-state index in [0.717, 1.165) is 71.0 Å². The second kappa shape index (κ2) is 8.57. The summed E-state index contributed by atoms with van der Waals surface area (Å²) < 4.78 is 17.1. The molecule has 0 saturated carbocycles. The van der Waals surface area contributed by atoms with Crippen molar-refractivity contribution in [3.8, 4) is 17.2 Å². The molecule has 1 fully saturated rings. The fraction of sp³-hybridized carbons (Fsp3) is 0.348. The van der Waals surface area contributed by atoms with E-state index in [1.165, 1.54) is 0 Å². The molecule has 1 aliphatic heterocycles. The number of aryl methyl sites for hydroxylation is 1. The van der Waals surface area contributed by atoms with Gasteiger partial charge in [0.25, 0.3) is 0 Å². The number of aromatic nitrogens is 1. The Morgan fingerprint density at radius 3 is 2.52 bits per heavy atom. The monoisotopic (exact) mass is 393 g/mol. The third-order valence-corrected chi connectivity index (χ3v) is 5.26. The van der Waals surface area contributed by atoms with Crippen molar-refractivity contribution in [1.29, 1.82) is 0 Å². The lowest BCUT2D eigenvalue weighted by Crippen LogP contribution is -2.34. The van der Waals surface area contributed by atoms with Crippen LogP contribution in [0.25, 0.3) is 10.8 Å². The number of anilines is 2. The Morgan fingerprint density at radius 2 is 1.76 bits per heavy atom. The van der Waals surface area contributed by atoms with Gasteiger partial charge in [-0.1, -0.05) is 0 Å². The first-order chi connectivity index (χ1) is 14.2. The van der Waals surface area contributed by atoms with E-state index in [1.807, 2.05) is 37.4 Å². The molecule has 2 aromatic carbocycles. The Balaban J connectivity index is 1.59. The van der Waals surface area contributed by atoms with Crippen LogP contribution in [0.3, 0.4) is 0 Å². The summed E-state index contributed by atoms with van der Waals surface area (Å²) in [7, 11) is 3.32. The Labute approximate surface area is 171 Å². The number of fused-ring (bicyclic) bond motifs is 1. The third kappa shape index (κ3) is 4.38. The molecule has 152 valence electrons. The second-order valence-corrected chi connectivity index (χ2v) is 7.29. The SMILES string of the molecule is COc1cc(Nc2cc3cc(OC4CCNCC4)ccc3cn2)c(OC)cc1C. The van der Waals surface area contributed by atoms with Crippen LogP contribution in [0.15, 0.2) is 42.6 Å². The van der Waals surface area contributed by atoms with Gasteiger partial charge in [0, 0.05) is 17.6 Å². The van der Waals surface area contributed by atoms with Crippen LogP contribution in [0.2, 0.25) is 0 Å². The zero-order chi connectivity index (χ0) is 20.2. The molecule has 6 nitrogen and oxygen atoms in total. The first-order valence-corrected chi connectivity index (χ1v) is 9.93. The van der Waals surface area contributed by atoms with E-state index in [4.69, 9.17) is 14.2 Å². The molecule has 1 aliphatic rings. The van der Waals surface area contributed by atoms with Crippen LogP contribution >= 0.6 is 0 Å². The van der Waals surface area contributed by atoms with Gasteiger partial charge in [0.15, 0.2) is 0 Å². The Kier molecular flexibility index (Phi) is 5.71. The summed E-state index contributed by atoms with van der Waals surface area (Å²) in [6.07, 6.45) is 4.22. The molecule has 0 aliphatic carbocycles. The highest BCUT2D eigenvalue weighted by molar-refractivity contribution is 5.86. The van der Waals surface area contributed by atoms with E-state index in [0.29, 0.717) is 0 Å². The van der Waals surface area contributed by atoms with Gasteiger partial charge in [0.2, 0.25) is 0 Å². The minimum atomic E-state index is 0.275. The van der Waals surface area contributed by atoms with Gasteiger partial charge in [-0.2, -0.15) is 0 Å². The number of nitrogens with one attached hydrogen (secondary N) is 2. The molecule has 29 heavy (non-hydrogen) atoms. The van der Waals surface area contributed by atoms with Crippen molar-refractivity contribution in [3.05, 3.63) is 48.2 Å². The summed E-state index contributed by atoms with van der Waals surface area (Å²) in [5, 5.41) is 8.87. The van der Waals surface area contributed by atoms with Gasteiger partial charge in [-0.3, -0.25) is 0 Å². The lowest BCUT2D eigenvalue weighted by Gasteiger charge is -2.24. The summed E-state index contributed by atoms with van der Waals surface area (Å²) >= 11 is 0. The number of methoxy groups -OCH3 is 2. The minimum absolute atomic E-state index is 0.275. The van der Waals surface area contributed by atoms with Crippen molar-refractivity contribution in [1.82, 2.24) is 10.3 Å². The van der Waals surface area contributed by atoms with E-state index in [-0.39, 0.29) is 6.10 Å². The average Bonchev–Trinajstić information content (AvgIpc) is 2.75. The van der Waals surface area contributed by atoms with Crippen LogP contribution in [-0.2, 0) is 0 Å². The highest BCUT2D eigenvalue weighted by Crippen LogP contribution is 2.34. The van der Waals surface area contributed by atoms with Crippen molar-refractivity contribution < 1.29 is 14.2 Å². The molecule has 0 spiro atoms. The maximum Gasteiger partial charge on any atom is 0.142 e.